The number of hydrogen-bond acceptors (Lipinski definition) is 5. The van der Waals surface area contributed by atoms with E-state index in [0.717, 1.165) is 5.69 Å². The third kappa shape index (κ3) is 4.82. The molecule has 0 aliphatic rings. The number of nitrogens with zero attached hydrogens (tertiary/aromatic N) is 2. The first-order valence-corrected chi connectivity index (χ1v) is 7.70. The Kier molecular flexibility index (Phi) is 5.75. The summed E-state index contributed by atoms with van der Waals surface area (Å²) in [6, 6.07) is 15.4. The van der Waals surface area contributed by atoms with E-state index in [1.165, 1.54) is 6.92 Å². The number of esters is 1. The smallest absolute Gasteiger partial charge is 0.338 e. The zero-order chi connectivity index (χ0) is 18.4. The van der Waals surface area contributed by atoms with E-state index < -0.39 is 18.0 Å². The van der Waals surface area contributed by atoms with E-state index in [1.807, 2.05) is 25.1 Å². The highest BCUT2D eigenvalue weighted by Gasteiger charge is 2.19. The van der Waals surface area contributed by atoms with Crippen LogP contribution in [0, 0.1) is 11.3 Å². The number of carbonyl (C=O) groups is 2. The van der Waals surface area contributed by atoms with Crippen LogP contribution in [-0.2, 0) is 9.53 Å². The normalized spacial score (nSPS) is 11.1. The lowest BCUT2D eigenvalue weighted by Crippen LogP contribution is -2.30. The first-order chi connectivity index (χ1) is 11.9. The van der Waals surface area contributed by atoms with E-state index in [-0.39, 0.29) is 0 Å². The zero-order valence-electron chi connectivity index (χ0n) is 14.3. The lowest BCUT2D eigenvalue weighted by molar-refractivity contribution is -0.123. The molecule has 2 rings (SSSR count). The average Bonchev–Trinajstić information content (AvgIpc) is 2.61. The van der Waals surface area contributed by atoms with Crippen molar-refractivity contribution in [3.05, 3.63) is 59.7 Å². The van der Waals surface area contributed by atoms with Crippen LogP contribution in [0.25, 0.3) is 0 Å². The molecule has 6 nitrogen and oxygen atoms in total. The van der Waals surface area contributed by atoms with Gasteiger partial charge in [0.05, 0.1) is 17.2 Å². The van der Waals surface area contributed by atoms with Crippen molar-refractivity contribution >= 4 is 23.3 Å². The second kappa shape index (κ2) is 7.97. The number of anilines is 2. The summed E-state index contributed by atoms with van der Waals surface area (Å²) in [5, 5.41) is 11.5. The van der Waals surface area contributed by atoms with Crippen LogP contribution in [0.1, 0.15) is 22.8 Å². The highest BCUT2D eigenvalue weighted by molar-refractivity contribution is 5.97. The van der Waals surface area contributed by atoms with Gasteiger partial charge in [0, 0.05) is 25.5 Å². The van der Waals surface area contributed by atoms with Gasteiger partial charge < -0.3 is 15.0 Å². The van der Waals surface area contributed by atoms with Crippen molar-refractivity contribution in [3.8, 4) is 6.07 Å². The lowest BCUT2D eigenvalue weighted by Gasteiger charge is -2.15. The third-order valence-corrected chi connectivity index (χ3v) is 3.53. The number of nitrogens with one attached hydrogen (secondary N) is 1. The van der Waals surface area contributed by atoms with Gasteiger partial charge in [-0.05, 0) is 49.4 Å². The molecule has 2 aromatic rings. The second-order valence-electron chi connectivity index (χ2n) is 5.67. The Morgan fingerprint density at radius 1 is 1.16 bits per heavy atom. The van der Waals surface area contributed by atoms with Crippen LogP contribution >= 0.6 is 0 Å². The molecule has 0 spiro atoms. The van der Waals surface area contributed by atoms with Gasteiger partial charge in [0.25, 0.3) is 5.91 Å². The third-order valence-electron chi connectivity index (χ3n) is 3.53. The fraction of sp³-hybridized carbons (Fsp3) is 0.211. The molecule has 1 amide bonds. The molecule has 0 saturated carbocycles. The maximum atomic E-state index is 12.1. The minimum Gasteiger partial charge on any atom is -0.449 e. The minimum atomic E-state index is -0.966. The van der Waals surface area contributed by atoms with Crippen molar-refractivity contribution in [2.75, 3.05) is 24.3 Å². The van der Waals surface area contributed by atoms with Gasteiger partial charge in [0.15, 0.2) is 6.10 Å². The SMILES string of the molecule is C[C@@H](OC(=O)c1ccc(N(C)C)cc1)C(=O)Nc1cccc(C#N)c1. The molecule has 25 heavy (non-hydrogen) atoms. The number of amides is 1. The molecule has 0 radical (unpaired) electrons. The molecular weight excluding hydrogens is 318 g/mol. The fourth-order valence-corrected chi connectivity index (χ4v) is 2.09. The summed E-state index contributed by atoms with van der Waals surface area (Å²) >= 11 is 0. The standard InChI is InChI=1S/C19H19N3O3/c1-13(18(23)21-16-6-4-5-14(11-16)12-20)25-19(24)15-7-9-17(10-8-15)22(2)3/h4-11,13H,1-3H3,(H,21,23)/t13-/m1/s1. The van der Waals surface area contributed by atoms with Crippen LogP contribution in [-0.4, -0.2) is 32.1 Å². The van der Waals surface area contributed by atoms with Crippen LogP contribution in [0.3, 0.4) is 0 Å². The van der Waals surface area contributed by atoms with Gasteiger partial charge in [0.2, 0.25) is 0 Å². The summed E-state index contributed by atoms with van der Waals surface area (Å²) in [5.41, 5.74) is 2.24. The van der Waals surface area contributed by atoms with Crippen LogP contribution in [0.15, 0.2) is 48.5 Å². The molecular formula is C19H19N3O3. The fourth-order valence-electron chi connectivity index (χ4n) is 2.09. The van der Waals surface area contributed by atoms with Gasteiger partial charge in [-0.3, -0.25) is 4.79 Å². The molecule has 1 atom stereocenters. The molecule has 0 fully saturated rings. The summed E-state index contributed by atoms with van der Waals surface area (Å²) in [4.78, 5) is 26.2. The first-order valence-electron chi connectivity index (χ1n) is 7.70. The molecule has 1 N–H and O–H groups in total. The Morgan fingerprint density at radius 2 is 1.84 bits per heavy atom. The molecule has 0 unspecified atom stereocenters. The second-order valence-corrected chi connectivity index (χ2v) is 5.67. The van der Waals surface area contributed by atoms with Crippen LogP contribution in [0.4, 0.5) is 11.4 Å². The average molecular weight is 337 g/mol. The summed E-state index contributed by atoms with van der Waals surface area (Å²) < 4.78 is 5.20. The first kappa shape index (κ1) is 18.0. The number of hydrogen-bond donors (Lipinski definition) is 1. The van der Waals surface area contributed by atoms with E-state index >= 15 is 0 Å². The van der Waals surface area contributed by atoms with E-state index in [2.05, 4.69) is 5.32 Å². The van der Waals surface area contributed by atoms with Gasteiger partial charge in [-0.15, -0.1) is 0 Å². The number of nitriles is 1. The van der Waals surface area contributed by atoms with Crippen molar-refractivity contribution in [2.24, 2.45) is 0 Å². The van der Waals surface area contributed by atoms with Crippen LogP contribution in [0.5, 0.6) is 0 Å². The lowest BCUT2D eigenvalue weighted by atomic mass is 10.2. The summed E-state index contributed by atoms with van der Waals surface area (Å²) in [5.74, 6) is -1.04. The quantitative estimate of drug-likeness (QED) is 0.848. The monoisotopic (exact) mass is 337 g/mol. The molecule has 0 aliphatic carbocycles. The molecule has 0 heterocycles. The Morgan fingerprint density at radius 3 is 2.44 bits per heavy atom. The Balaban J connectivity index is 1.98. The molecule has 0 aliphatic heterocycles. The van der Waals surface area contributed by atoms with Crippen molar-refractivity contribution in [1.29, 1.82) is 5.26 Å². The Bertz CT molecular complexity index is 807. The molecule has 0 saturated heterocycles. The number of benzene rings is 2. The largest absolute Gasteiger partial charge is 0.449 e. The van der Waals surface area contributed by atoms with E-state index in [0.29, 0.717) is 16.8 Å². The van der Waals surface area contributed by atoms with Crippen LogP contribution in [0.2, 0.25) is 0 Å². The number of ether oxygens (including phenoxy) is 1. The van der Waals surface area contributed by atoms with Gasteiger partial charge in [-0.1, -0.05) is 6.07 Å². The highest BCUT2D eigenvalue weighted by Crippen LogP contribution is 2.14. The van der Waals surface area contributed by atoms with Crippen molar-refractivity contribution in [1.82, 2.24) is 0 Å². The number of rotatable bonds is 5. The number of carbonyl (C=O) groups excluding carboxylic acids is 2. The Hall–Kier alpha value is -3.33. The summed E-state index contributed by atoms with van der Waals surface area (Å²) in [6.07, 6.45) is -0.966. The minimum absolute atomic E-state index is 0.372. The molecule has 6 heteroatoms. The van der Waals surface area contributed by atoms with Gasteiger partial charge >= 0.3 is 5.97 Å². The molecule has 0 aromatic heterocycles. The van der Waals surface area contributed by atoms with E-state index in [1.54, 1.807) is 48.5 Å². The van der Waals surface area contributed by atoms with Gasteiger partial charge in [0.1, 0.15) is 0 Å². The Labute approximate surface area is 146 Å². The van der Waals surface area contributed by atoms with Crippen LogP contribution < -0.4 is 10.2 Å². The van der Waals surface area contributed by atoms with E-state index in [9.17, 15) is 9.59 Å². The molecule has 128 valence electrons. The van der Waals surface area contributed by atoms with E-state index in [4.69, 9.17) is 10.00 Å². The predicted octanol–water partition coefficient (Wildman–Crippen LogP) is 2.81. The molecule has 0 bridgehead atoms. The van der Waals surface area contributed by atoms with Gasteiger partial charge in [-0.2, -0.15) is 5.26 Å². The van der Waals surface area contributed by atoms with Crippen molar-refractivity contribution in [3.63, 3.8) is 0 Å². The van der Waals surface area contributed by atoms with Gasteiger partial charge in [-0.25, -0.2) is 4.79 Å². The molecule has 2 aromatic carbocycles. The maximum Gasteiger partial charge on any atom is 0.338 e. The zero-order valence-corrected chi connectivity index (χ0v) is 14.3. The summed E-state index contributed by atoms with van der Waals surface area (Å²) in [6.45, 7) is 1.50. The topological polar surface area (TPSA) is 82.4 Å². The predicted molar refractivity (Wildman–Crippen MR) is 95.4 cm³/mol. The maximum absolute atomic E-state index is 12.1. The summed E-state index contributed by atoms with van der Waals surface area (Å²) in [7, 11) is 3.81. The highest BCUT2D eigenvalue weighted by atomic mass is 16.5. The van der Waals surface area contributed by atoms with Crippen molar-refractivity contribution in [2.45, 2.75) is 13.0 Å². The van der Waals surface area contributed by atoms with Crippen molar-refractivity contribution < 1.29 is 14.3 Å².